The maximum absolute atomic E-state index is 11.8. The van der Waals surface area contributed by atoms with Crippen molar-refractivity contribution >= 4 is 128 Å². The molecule has 3 heterocycles. The zero-order chi connectivity index (χ0) is 20.9. The van der Waals surface area contributed by atoms with E-state index >= 15 is 0 Å². The zero-order valence-corrected chi connectivity index (χ0v) is 24.3. The van der Waals surface area contributed by atoms with Crippen LogP contribution in [-0.2, 0) is 27.5 Å². The predicted molar refractivity (Wildman–Crippen MR) is 97.6 cm³/mol. The van der Waals surface area contributed by atoms with Crippen LogP contribution in [0.15, 0.2) is 9.98 Å². The average molecular weight is 509 g/mol. The summed E-state index contributed by atoms with van der Waals surface area (Å²) >= 11 is 0. The summed E-state index contributed by atoms with van der Waals surface area (Å²) in [7, 11) is -11.4. The molecule has 1 saturated heterocycles. The Kier molecular flexibility index (Phi) is 13.0. The van der Waals surface area contributed by atoms with Crippen molar-refractivity contribution < 1.29 is 52.4 Å². The number of phosphoric ester groups is 1. The van der Waals surface area contributed by atoms with Crippen molar-refractivity contribution in [1.82, 2.24) is 10.2 Å². The van der Waals surface area contributed by atoms with Crippen LogP contribution in [0.4, 0.5) is 0 Å². The number of carbonyl (C=O) groups is 1. The molecule has 1 amide bonds. The summed E-state index contributed by atoms with van der Waals surface area (Å²) in [6.45, 7) is -0.993. The Labute approximate surface area is 241 Å². The second kappa shape index (κ2) is 12.4. The molecule has 159 valence electrons. The van der Waals surface area contributed by atoms with Crippen LogP contribution in [0.5, 0.6) is 0 Å². The van der Waals surface area contributed by atoms with Crippen LogP contribution in [0.1, 0.15) is 0 Å². The van der Waals surface area contributed by atoms with Crippen LogP contribution in [0.2, 0.25) is 0 Å². The average Bonchev–Trinajstić information content (AvgIpc) is 3.06. The Bertz CT molecular complexity index is 856. The standard InChI is InChI=1S/C10H15N5O11P2.3Na/c11-10-13-7-4(8(18)14-10)12-2-15(7)9-6(17)5(16)3(25-9)1-24-28(22,23)26-27(19,20)21;;;/h2-6,9,16-17H,1H2,(H,22,23)(H2,11,14,18)(H2,19,20,21);;;/p-3/t3-,4?,5-,6-,9-;;;/m1.../s1. The number of nitrogens with one attached hydrogen (secondary N) is 2. The van der Waals surface area contributed by atoms with Crippen molar-refractivity contribution in [2.75, 3.05) is 6.61 Å². The smallest absolute Gasteiger partial charge is 0.271 e. The molecular formula is C10H12N5Na3O11P2-3. The van der Waals surface area contributed by atoms with E-state index in [1.54, 1.807) is 0 Å². The molecule has 0 saturated carbocycles. The predicted octanol–water partition coefficient (Wildman–Crippen LogP) is -6.20. The molecule has 3 aliphatic heterocycles. The summed E-state index contributed by atoms with van der Waals surface area (Å²) in [5.41, 5.74) is 0. The summed E-state index contributed by atoms with van der Waals surface area (Å²) < 4.78 is 34.4. The van der Waals surface area contributed by atoms with Gasteiger partial charge < -0.3 is 38.7 Å². The Hall–Kier alpha value is 1.42. The molecule has 21 heteroatoms. The molecule has 0 aromatic carbocycles. The number of guanidine groups is 1. The van der Waals surface area contributed by atoms with Crippen LogP contribution in [0.3, 0.4) is 0 Å². The van der Waals surface area contributed by atoms with Gasteiger partial charge in [-0.3, -0.25) is 34.3 Å². The number of ether oxygens (including phenoxy) is 1. The van der Waals surface area contributed by atoms with E-state index in [1.807, 2.05) is 0 Å². The van der Waals surface area contributed by atoms with Gasteiger partial charge in [-0.15, -0.1) is 0 Å². The van der Waals surface area contributed by atoms with Crippen molar-refractivity contribution in [1.29, 1.82) is 5.41 Å². The largest absolute Gasteiger partial charge is 0.790 e. The fourth-order valence-corrected chi connectivity index (χ4v) is 4.14. The second-order valence-electron chi connectivity index (χ2n) is 5.70. The number of rotatable bonds is 6. The normalized spacial score (nSPS) is 31.5. The third kappa shape index (κ3) is 7.97. The molecule has 31 heavy (non-hydrogen) atoms. The van der Waals surface area contributed by atoms with Crippen LogP contribution in [0.25, 0.3) is 0 Å². The SMILES string of the molecule is N=C1N=C2C(N=CN2[C@@H]2O[C@H](COP(=O)([O-])OP(=O)([O-])[O-])[C@@H](O)[C@H]2O)C(=O)N1.[Na].[Na].[Na]. The molecular weight excluding hydrogens is 497 g/mol. The Morgan fingerprint density at radius 2 is 1.84 bits per heavy atom. The van der Waals surface area contributed by atoms with Gasteiger partial charge in [0.2, 0.25) is 5.96 Å². The topological polar surface area (TPSA) is 252 Å². The molecule has 0 aliphatic carbocycles. The van der Waals surface area contributed by atoms with Crippen molar-refractivity contribution in [2.24, 2.45) is 9.98 Å². The monoisotopic (exact) mass is 509 g/mol. The van der Waals surface area contributed by atoms with Gasteiger partial charge in [-0.25, -0.2) is 0 Å². The van der Waals surface area contributed by atoms with Gasteiger partial charge in [0, 0.05) is 88.7 Å². The van der Waals surface area contributed by atoms with Gasteiger partial charge in [-0.2, -0.15) is 4.99 Å². The quantitative estimate of drug-likeness (QED) is 0.193. The summed E-state index contributed by atoms with van der Waals surface area (Å²) in [5, 5.41) is 29.8. The van der Waals surface area contributed by atoms with Gasteiger partial charge >= 0.3 is 0 Å². The molecule has 0 aromatic rings. The van der Waals surface area contributed by atoms with E-state index in [1.165, 1.54) is 0 Å². The first kappa shape index (κ1) is 32.4. The number of amidine groups is 1. The second-order valence-corrected chi connectivity index (χ2v) is 8.40. The first-order valence-corrected chi connectivity index (χ1v) is 10.3. The van der Waals surface area contributed by atoms with Crippen LogP contribution in [-0.4, -0.2) is 165 Å². The van der Waals surface area contributed by atoms with Crippen molar-refractivity contribution in [3.8, 4) is 0 Å². The molecule has 1 fully saturated rings. The van der Waals surface area contributed by atoms with E-state index < -0.39 is 64.7 Å². The van der Waals surface area contributed by atoms with Crippen LogP contribution < -0.4 is 20.0 Å². The molecule has 3 radical (unpaired) electrons. The molecule has 16 nitrogen and oxygen atoms in total. The summed E-state index contributed by atoms with van der Waals surface area (Å²) in [6, 6.07) is -1.10. The molecule has 4 N–H and O–H groups in total. The van der Waals surface area contributed by atoms with Gasteiger partial charge in [-0.05, 0) is 0 Å². The van der Waals surface area contributed by atoms with E-state index in [2.05, 4.69) is 24.1 Å². The Balaban J connectivity index is 0.00000300. The van der Waals surface area contributed by atoms with Crippen LogP contribution >= 0.6 is 15.6 Å². The minimum absolute atomic E-state index is 0. The number of aliphatic imine (C=N–C) groups is 2. The first-order chi connectivity index (χ1) is 12.9. The summed E-state index contributed by atoms with van der Waals surface area (Å²) in [4.78, 5) is 52.5. The van der Waals surface area contributed by atoms with Crippen molar-refractivity contribution in [3.63, 3.8) is 0 Å². The van der Waals surface area contributed by atoms with Gasteiger partial charge in [-0.1, -0.05) is 0 Å². The van der Waals surface area contributed by atoms with E-state index in [-0.39, 0.29) is 94.5 Å². The number of phosphoric acid groups is 2. The molecule has 3 aliphatic rings. The van der Waals surface area contributed by atoms with E-state index in [0.717, 1.165) is 11.2 Å². The number of carbonyl (C=O) groups excluding carboxylic acids is 1. The zero-order valence-electron chi connectivity index (χ0n) is 16.5. The van der Waals surface area contributed by atoms with Gasteiger partial charge in [0.25, 0.3) is 13.7 Å². The molecule has 0 spiro atoms. The van der Waals surface area contributed by atoms with Crippen molar-refractivity contribution in [3.05, 3.63) is 0 Å². The minimum Gasteiger partial charge on any atom is -0.790 e. The number of aliphatic hydroxyl groups is 2. The summed E-state index contributed by atoms with van der Waals surface area (Å²) in [6.07, 6.45) is -5.16. The van der Waals surface area contributed by atoms with Crippen molar-refractivity contribution in [2.45, 2.75) is 30.6 Å². The number of nitrogens with zero attached hydrogens (tertiary/aromatic N) is 3. The Morgan fingerprint density at radius 3 is 2.42 bits per heavy atom. The third-order valence-corrected chi connectivity index (χ3v) is 5.84. The molecule has 0 bridgehead atoms. The maximum Gasteiger partial charge on any atom is 0.271 e. The van der Waals surface area contributed by atoms with Gasteiger partial charge in [0.05, 0.1) is 20.8 Å². The van der Waals surface area contributed by atoms with Gasteiger partial charge in [0.1, 0.15) is 18.3 Å². The number of hydrogen-bond acceptors (Lipinski definition) is 14. The van der Waals surface area contributed by atoms with E-state index in [4.69, 9.17) is 10.1 Å². The van der Waals surface area contributed by atoms with E-state index in [0.29, 0.717) is 0 Å². The van der Waals surface area contributed by atoms with Crippen LogP contribution in [0, 0.1) is 5.41 Å². The maximum atomic E-state index is 11.8. The number of aliphatic hydroxyl groups excluding tert-OH is 2. The minimum atomic E-state index is -5.89. The third-order valence-electron chi connectivity index (χ3n) is 3.77. The van der Waals surface area contributed by atoms with E-state index in [9.17, 15) is 38.8 Å². The number of fused-ring (bicyclic) bond motifs is 1. The Morgan fingerprint density at radius 1 is 1.23 bits per heavy atom. The number of hydrogen-bond donors (Lipinski definition) is 4. The molecule has 6 atom stereocenters. The summed E-state index contributed by atoms with van der Waals surface area (Å²) in [5.74, 6) is -1.20. The first-order valence-electron chi connectivity index (χ1n) is 7.38. The molecule has 0 aromatic heterocycles. The fourth-order valence-electron chi connectivity index (χ4n) is 2.64. The number of amides is 1. The fraction of sp³-hybridized carbons (Fsp3) is 0.600. The molecule has 2 unspecified atom stereocenters. The molecule has 3 rings (SSSR count). The van der Waals surface area contributed by atoms with Gasteiger partial charge in [0.15, 0.2) is 18.1 Å².